The van der Waals surface area contributed by atoms with Crippen LogP contribution in [0.5, 0.6) is 5.75 Å². The molecule has 33 heavy (non-hydrogen) atoms. The minimum atomic E-state index is -0.491. The number of anilines is 1. The number of aryl methyl sites for hydroxylation is 1. The Bertz CT molecular complexity index is 1190. The van der Waals surface area contributed by atoms with Gasteiger partial charge >= 0.3 is 0 Å². The Morgan fingerprint density at radius 3 is 2.33 bits per heavy atom. The molecule has 4 rings (SSSR count). The van der Waals surface area contributed by atoms with Gasteiger partial charge in [-0.3, -0.25) is 4.79 Å². The number of nitrogens with one attached hydrogen (secondary N) is 3. The third-order valence-corrected chi connectivity index (χ3v) is 5.50. The molecule has 1 unspecified atom stereocenters. The summed E-state index contributed by atoms with van der Waals surface area (Å²) < 4.78 is 6.08. The Hall–Kier alpha value is -3.64. The van der Waals surface area contributed by atoms with Gasteiger partial charge in [0.15, 0.2) is 5.11 Å². The van der Waals surface area contributed by atoms with E-state index in [4.69, 9.17) is 17.0 Å². The van der Waals surface area contributed by atoms with E-state index in [0.717, 1.165) is 22.4 Å². The zero-order chi connectivity index (χ0) is 23.4. The molecule has 0 bridgehead atoms. The standard InChI is InChI=1S/C27H27N3O2S/c1-17(2)32-22-12-8-7-11-21(22)25-23(26(31)28-20-15-13-18(3)14-16-20)24(29-27(33)30-25)19-9-5-4-6-10-19/h4-17,25H,1-3H3,(H,28,31)(H2,29,30,33). The summed E-state index contributed by atoms with van der Waals surface area (Å²) in [5, 5.41) is 10.0. The second kappa shape index (κ2) is 9.88. The number of ether oxygens (including phenoxy) is 1. The first kappa shape index (κ1) is 22.6. The summed E-state index contributed by atoms with van der Waals surface area (Å²) in [5.74, 6) is 0.493. The van der Waals surface area contributed by atoms with Crippen molar-refractivity contribution in [3.63, 3.8) is 0 Å². The Labute approximate surface area is 199 Å². The molecule has 3 N–H and O–H groups in total. The lowest BCUT2D eigenvalue weighted by Crippen LogP contribution is -2.46. The molecule has 0 saturated heterocycles. The lowest BCUT2D eigenvalue weighted by molar-refractivity contribution is -0.113. The van der Waals surface area contributed by atoms with Crippen molar-refractivity contribution in [2.75, 3.05) is 5.32 Å². The molecule has 3 aromatic carbocycles. The normalized spacial score (nSPS) is 15.6. The van der Waals surface area contributed by atoms with E-state index in [1.54, 1.807) is 0 Å². The van der Waals surface area contributed by atoms with Crippen molar-refractivity contribution >= 4 is 34.6 Å². The minimum absolute atomic E-state index is 0.0118. The number of benzene rings is 3. The summed E-state index contributed by atoms with van der Waals surface area (Å²) in [4.78, 5) is 13.7. The second-order valence-electron chi connectivity index (χ2n) is 8.21. The van der Waals surface area contributed by atoms with Crippen LogP contribution in [0.1, 0.15) is 36.6 Å². The van der Waals surface area contributed by atoms with Crippen LogP contribution in [-0.4, -0.2) is 17.1 Å². The highest BCUT2D eigenvalue weighted by molar-refractivity contribution is 7.80. The summed E-state index contributed by atoms with van der Waals surface area (Å²) in [6.07, 6.45) is -0.0118. The number of para-hydroxylation sites is 1. The third-order valence-electron chi connectivity index (χ3n) is 5.28. The molecule has 0 aromatic heterocycles. The zero-order valence-corrected chi connectivity index (χ0v) is 19.7. The van der Waals surface area contributed by atoms with Crippen LogP contribution >= 0.6 is 12.2 Å². The van der Waals surface area contributed by atoms with Crippen LogP contribution in [0.4, 0.5) is 5.69 Å². The lowest BCUT2D eigenvalue weighted by Gasteiger charge is -2.32. The highest BCUT2D eigenvalue weighted by Gasteiger charge is 2.34. The number of thiocarbonyl (C=S) groups is 1. The van der Waals surface area contributed by atoms with Gasteiger partial charge < -0.3 is 20.7 Å². The van der Waals surface area contributed by atoms with Crippen LogP contribution in [0.2, 0.25) is 0 Å². The molecule has 0 saturated carbocycles. The van der Waals surface area contributed by atoms with E-state index in [-0.39, 0.29) is 12.0 Å². The fourth-order valence-corrected chi connectivity index (χ4v) is 4.01. The van der Waals surface area contributed by atoms with Gasteiger partial charge in [-0.25, -0.2) is 0 Å². The van der Waals surface area contributed by atoms with Gasteiger partial charge in [0, 0.05) is 11.3 Å². The number of amides is 1. The maximum absolute atomic E-state index is 13.7. The fourth-order valence-electron chi connectivity index (χ4n) is 3.79. The maximum Gasteiger partial charge on any atom is 0.256 e. The first-order valence-corrected chi connectivity index (χ1v) is 11.3. The van der Waals surface area contributed by atoms with Crippen LogP contribution in [0.3, 0.4) is 0 Å². The van der Waals surface area contributed by atoms with Crippen molar-refractivity contribution in [3.8, 4) is 5.75 Å². The monoisotopic (exact) mass is 457 g/mol. The highest BCUT2D eigenvalue weighted by Crippen LogP contribution is 2.36. The third kappa shape index (κ3) is 5.23. The number of hydrogen-bond donors (Lipinski definition) is 3. The molecule has 3 aromatic rings. The predicted octanol–water partition coefficient (Wildman–Crippen LogP) is 5.35. The summed E-state index contributed by atoms with van der Waals surface area (Å²) in [7, 11) is 0. The molecule has 168 valence electrons. The van der Waals surface area contributed by atoms with Crippen LogP contribution in [0, 0.1) is 6.92 Å². The van der Waals surface area contributed by atoms with Crippen molar-refractivity contribution in [1.82, 2.24) is 10.6 Å². The minimum Gasteiger partial charge on any atom is -0.491 e. The Kier molecular flexibility index (Phi) is 6.75. The summed E-state index contributed by atoms with van der Waals surface area (Å²) >= 11 is 5.55. The number of rotatable bonds is 6. The molecule has 0 fully saturated rings. The Balaban J connectivity index is 1.85. The summed E-state index contributed by atoms with van der Waals surface area (Å²) in [6.45, 7) is 5.97. The molecule has 1 aliphatic rings. The van der Waals surface area contributed by atoms with Gasteiger partial charge in [0.1, 0.15) is 5.75 Å². The van der Waals surface area contributed by atoms with Crippen molar-refractivity contribution < 1.29 is 9.53 Å². The number of hydrogen-bond acceptors (Lipinski definition) is 3. The van der Waals surface area contributed by atoms with Crippen molar-refractivity contribution in [2.24, 2.45) is 0 Å². The number of carbonyl (C=O) groups is 1. The van der Waals surface area contributed by atoms with Gasteiger partial charge in [0.05, 0.1) is 23.4 Å². The van der Waals surface area contributed by atoms with E-state index in [1.807, 2.05) is 99.6 Å². The topological polar surface area (TPSA) is 62.4 Å². The Morgan fingerprint density at radius 1 is 0.970 bits per heavy atom. The van der Waals surface area contributed by atoms with E-state index in [9.17, 15) is 4.79 Å². The van der Waals surface area contributed by atoms with Gasteiger partial charge in [0.2, 0.25) is 0 Å². The molecular weight excluding hydrogens is 430 g/mol. The molecule has 1 aliphatic heterocycles. The predicted molar refractivity (Wildman–Crippen MR) is 137 cm³/mol. The maximum atomic E-state index is 13.7. The molecule has 6 heteroatoms. The smallest absolute Gasteiger partial charge is 0.256 e. The van der Waals surface area contributed by atoms with Crippen molar-refractivity contribution in [1.29, 1.82) is 0 Å². The van der Waals surface area contributed by atoms with Gasteiger partial charge in [-0.2, -0.15) is 0 Å². The van der Waals surface area contributed by atoms with Crippen LogP contribution in [0.15, 0.2) is 84.4 Å². The SMILES string of the molecule is Cc1ccc(NC(=O)C2=C(c3ccccc3)NC(=S)NC2c2ccccc2OC(C)C)cc1. The molecular formula is C27H27N3O2S. The largest absolute Gasteiger partial charge is 0.491 e. The van der Waals surface area contributed by atoms with E-state index in [1.165, 1.54) is 0 Å². The van der Waals surface area contributed by atoms with Gasteiger partial charge in [-0.15, -0.1) is 0 Å². The lowest BCUT2D eigenvalue weighted by atomic mass is 9.91. The Morgan fingerprint density at radius 2 is 1.64 bits per heavy atom. The molecule has 5 nitrogen and oxygen atoms in total. The molecule has 0 radical (unpaired) electrons. The van der Waals surface area contributed by atoms with Crippen molar-refractivity contribution in [2.45, 2.75) is 32.9 Å². The quantitative estimate of drug-likeness (QED) is 0.436. The van der Waals surface area contributed by atoms with Crippen molar-refractivity contribution in [3.05, 3.63) is 101 Å². The molecule has 1 atom stereocenters. The molecule has 0 aliphatic carbocycles. The second-order valence-corrected chi connectivity index (χ2v) is 8.62. The zero-order valence-electron chi connectivity index (χ0n) is 18.9. The van der Waals surface area contributed by atoms with E-state index in [2.05, 4.69) is 16.0 Å². The number of carbonyl (C=O) groups excluding carboxylic acids is 1. The van der Waals surface area contributed by atoms with Crippen LogP contribution in [0.25, 0.3) is 5.70 Å². The van der Waals surface area contributed by atoms with E-state index < -0.39 is 6.04 Å². The van der Waals surface area contributed by atoms with Gasteiger partial charge in [0.25, 0.3) is 5.91 Å². The highest BCUT2D eigenvalue weighted by atomic mass is 32.1. The average molecular weight is 458 g/mol. The summed E-state index contributed by atoms with van der Waals surface area (Å²) in [6, 6.07) is 24.7. The summed E-state index contributed by atoms with van der Waals surface area (Å²) in [5.41, 5.74) is 4.79. The first-order chi connectivity index (χ1) is 15.9. The van der Waals surface area contributed by atoms with Crippen LogP contribution < -0.4 is 20.7 Å². The fraction of sp³-hybridized carbons (Fsp3) is 0.185. The first-order valence-electron chi connectivity index (χ1n) is 10.9. The molecule has 0 spiro atoms. The van der Waals surface area contributed by atoms with Gasteiger partial charge in [-0.05, 0) is 56.8 Å². The molecule has 1 amide bonds. The molecule has 1 heterocycles. The van der Waals surface area contributed by atoms with Crippen LogP contribution in [-0.2, 0) is 4.79 Å². The van der Waals surface area contributed by atoms with Gasteiger partial charge in [-0.1, -0.05) is 66.2 Å². The van der Waals surface area contributed by atoms with E-state index >= 15 is 0 Å². The van der Waals surface area contributed by atoms with E-state index in [0.29, 0.717) is 22.1 Å². The average Bonchev–Trinajstić information content (AvgIpc) is 2.80.